The number of carbonyl (C=O) groups is 1. The summed E-state index contributed by atoms with van der Waals surface area (Å²) in [5.74, 6) is 1.18. The zero-order chi connectivity index (χ0) is 19.8. The molecule has 0 radical (unpaired) electrons. The van der Waals surface area contributed by atoms with E-state index in [1.807, 2.05) is 42.6 Å². The third-order valence-corrected chi connectivity index (χ3v) is 6.72. The summed E-state index contributed by atoms with van der Waals surface area (Å²) in [5.41, 5.74) is 2.86. The molecule has 4 aromatic rings. The predicted octanol–water partition coefficient (Wildman–Crippen LogP) is 4.23. The molecular weight excluding hydrogens is 408 g/mol. The van der Waals surface area contributed by atoms with E-state index in [1.54, 1.807) is 28.7 Å². The van der Waals surface area contributed by atoms with Crippen LogP contribution in [0.4, 0.5) is 0 Å². The maximum atomic E-state index is 12.6. The molecule has 1 aliphatic rings. The topological polar surface area (TPSA) is 89.1 Å². The number of aromatic amines is 1. The number of hydrogen-bond donors (Lipinski definition) is 2. The van der Waals surface area contributed by atoms with E-state index in [0.717, 1.165) is 26.0 Å². The summed E-state index contributed by atoms with van der Waals surface area (Å²) >= 11 is 3.26. The number of benzene rings is 1. The molecule has 1 aliphatic heterocycles. The Morgan fingerprint density at radius 3 is 3.00 bits per heavy atom. The average molecular weight is 425 g/mol. The Labute approximate surface area is 174 Å². The van der Waals surface area contributed by atoms with Crippen molar-refractivity contribution in [3.05, 3.63) is 58.0 Å². The van der Waals surface area contributed by atoms with E-state index < -0.39 is 0 Å². The minimum atomic E-state index is -0.213. The number of nitrogens with zero attached hydrogens (tertiary/aromatic N) is 2. The van der Waals surface area contributed by atoms with Crippen LogP contribution in [0.1, 0.15) is 21.1 Å². The number of H-pyrrole nitrogens is 1. The lowest BCUT2D eigenvalue weighted by Crippen LogP contribution is -2.23. The van der Waals surface area contributed by atoms with Crippen LogP contribution in [-0.4, -0.2) is 27.9 Å². The molecule has 146 valence electrons. The summed E-state index contributed by atoms with van der Waals surface area (Å²) in [7, 11) is 0. The number of aryl methyl sites for hydroxylation is 1. The SMILES string of the molecule is Cc1nc(-c2cccs2)sc1CNC(=O)c1cc(-c2ccc3c(c2)OCO3)n[nH]1. The van der Waals surface area contributed by atoms with Crippen LogP contribution >= 0.6 is 22.7 Å². The van der Waals surface area contributed by atoms with E-state index in [0.29, 0.717) is 29.4 Å². The molecular formula is C20H16N4O3S2. The van der Waals surface area contributed by atoms with Crippen molar-refractivity contribution in [1.82, 2.24) is 20.5 Å². The molecule has 0 atom stereocenters. The maximum absolute atomic E-state index is 12.6. The van der Waals surface area contributed by atoms with Crippen molar-refractivity contribution < 1.29 is 14.3 Å². The predicted molar refractivity (Wildman–Crippen MR) is 111 cm³/mol. The quantitative estimate of drug-likeness (QED) is 0.500. The largest absolute Gasteiger partial charge is 0.454 e. The van der Waals surface area contributed by atoms with E-state index in [1.165, 1.54) is 0 Å². The molecule has 1 amide bonds. The lowest BCUT2D eigenvalue weighted by molar-refractivity contribution is 0.0946. The molecule has 0 saturated carbocycles. The molecule has 0 fully saturated rings. The van der Waals surface area contributed by atoms with Gasteiger partial charge in [0, 0.05) is 10.4 Å². The second-order valence-electron chi connectivity index (χ2n) is 6.42. The van der Waals surface area contributed by atoms with Crippen molar-refractivity contribution in [2.45, 2.75) is 13.5 Å². The summed E-state index contributed by atoms with van der Waals surface area (Å²) in [6, 6.07) is 11.4. The van der Waals surface area contributed by atoms with Gasteiger partial charge < -0.3 is 14.8 Å². The Morgan fingerprint density at radius 1 is 1.24 bits per heavy atom. The Hall–Kier alpha value is -3.17. The van der Waals surface area contributed by atoms with Crippen molar-refractivity contribution in [1.29, 1.82) is 0 Å². The highest BCUT2D eigenvalue weighted by Gasteiger charge is 2.17. The fraction of sp³-hybridized carbons (Fsp3) is 0.150. The Kier molecular flexibility index (Phi) is 4.53. The minimum Gasteiger partial charge on any atom is -0.454 e. The Balaban J connectivity index is 1.28. The standard InChI is InChI=1S/C20H16N4O3S2/c1-11-18(29-20(22-11)17-3-2-6-28-17)9-21-19(25)14-8-13(23-24-14)12-4-5-15-16(7-12)27-10-26-15/h2-8H,9-10H2,1H3,(H,21,25)(H,23,24). The van der Waals surface area contributed by atoms with E-state index in [9.17, 15) is 4.79 Å². The van der Waals surface area contributed by atoms with Gasteiger partial charge in [-0.25, -0.2) is 4.98 Å². The van der Waals surface area contributed by atoms with Crippen molar-refractivity contribution in [3.63, 3.8) is 0 Å². The van der Waals surface area contributed by atoms with Crippen LogP contribution in [0.3, 0.4) is 0 Å². The van der Waals surface area contributed by atoms with Crippen molar-refractivity contribution in [2.24, 2.45) is 0 Å². The first-order valence-electron chi connectivity index (χ1n) is 8.91. The van der Waals surface area contributed by atoms with Gasteiger partial charge in [-0.3, -0.25) is 9.89 Å². The lowest BCUT2D eigenvalue weighted by Gasteiger charge is -2.01. The van der Waals surface area contributed by atoms with Gasteiger partial charge >= 0.3 is 0 Å². The summed E-state index contributed by atoms with van der Waals surface area (Å²) in [6.45, 7) is 2.60. The van der Waals surface area contributed by atoms with Gasteiger partial charge in [0.05, 0.1) is 22.8 Å². The maximum Gasteiger partial charge on any atom is 0.269 e. The van der Waals surface area contributed by atoms with Crippen molar-refractivity contribution in [3.8, 4) is 32.6 Å². The smallest absolute Gasteiger partial charge is 0.269 e. The first-order chi connectivity index (χ1) is 14.2. The summed E-state index contributed by atoms with van der Waals surface area (Å²) in [6.07, 6.45) is 0. The average Bonchev–Trinajstić information content (AvgIpc) is 3.52. The zero-order valence-electron chi connectivity index (χ0n) is 15.4. The van der Waals surface area contributed by atoms with E-state index in [2.05, 4.69) is 20.5 Å². The molecule has 0 saturated heterocycles. The monoisotopic (exact) mass is 424 g/mol. The first kappa shape index (κ1) is 17.9. The van der Waals surface area contributed by atoms with E-state index >= 15 is 0 Å². The third kappa shape index (κ3) is 3.50. The van der Waals surface area contributed by atoms with Crippen LogP contribution in [0.5, 0.6) is 11.5 Å². The minimum absolute atomic E-state index is 0.213. The number of rotatable bonds is 5. The third-order valence-electron chi connectivity index (χ3n) is 4.52. The highest BCUT2D eigenvalue weighted by Crippen LogP contribution is 2.35. The molecule has 29 heavy (non-hydrogen) atoms. The highest BCUT2D eigenvalue weighted by atomic mass is 32.1. The molecule has 0 aliphatic carbocycles. The molecule has 3 aromatic heterocycles. The van der Waals surface area contributed by atoms with Gasteiger partial charge in [0.15, 0.2) is 11.5 Å². The summed E-state index contributed by atoms with van der Waals surface area (Å²) < 4.78 is 10.7. The molecule has 0 spiro atoms. The summed E-state index contributed by atoms with van der Waals surface area (Å²) in [4.78, 5) is 19.3. The van der Waals surface area contributed by atoms with Crippen molar-refractivity contribution in [2.75, 3.05) is 6.79 Å². The zero-order valence-corrected chi connectivity index (χ0v) is 17.0. The number of ether oxygens (including phenoxy) is 2. The number of fused-ring (bicyclic) bond motifs is 1. The second kappa shape index (κ2) is 7.34. The van der Waals surface area contributed by atoms with Gasteiger partial charge in [0.1, 0.15) is 10.7 Å². The number of amides is 1. The van der Waals surface area contributed by atoms with Crippen LogP contribution in [0.25, 0.3) is 21.1 Å². The Bertz CT molecular complexity index is 1180. The van der Waals surface area contributed by atoms with E-state index in [-0.39, 0.29) is 12.7 Å². The number of nitrogens with one attached hydrogen (secondary N) is 2. The van der Waals surface area contributed by atoms with Crippen LogP contribution in [-0.2, 0) is 6.54 Å². The van der Waals surface area contributed by atoms with Gasteiger partial charge in [-0.2, -0.15) is 5.10 Å². The van der Waals surface area contributed by atoms with Gasteiger partial charge in [-0.1, -0.05) is 6.07 Å². The summed E-state index contributed by atoms with van der Waals surface area (Å²) in [5, 5.41) is 13.0. The molecule has 0 unspecified atom stereocenters. The van der Waals surface area contributed by atoms with Crippen LogP contribution in [0.15, 0.2) is 41.8 Å². The van der Waals surface area contributed by atoms with Crippen LogP contribution < -0.4 is 14.8 Å². The molecule has 0 bridgehead atoms. The fourth-order valence-electron chi connectivity index (χ4n) is 3.00. The number of thiazole rings is 1. The highest BCUT2D eigenvalue weighted by molar-refractivity contribution is 7.21. The van der Waals surface area contributed by atoms with Gasteiger partial charge in [-0.05, 0) is 42.6 Å². The van der Waals surface area contributed by atoms with E-state index in [4.69, 9.17) is 9.47 Å². The normalized spacial score (nSPS) is 12.3. The molecule has 7 nitrogen and oxygen atoms in total. The van der Waals surface area contributed by atoms with Gasteiger partial charge in [0.2, 0.25) is 6.79 Å². The van der Waals surface area contributed by atoms with Crippen LogP contribution in [0, 0.1) is 6.92 Å². The number of thiophene rings is 1. The van der Waals surface area contributed by atoms with Crippen LogP contribution in [0.2, 0.25) is 0 Å². The molecule has 4 heterocycles. The Morgan fingerprint density at radius 2 is 2.14 bits per heavy atom. The number of hydrogen-bond acceptors (Lipinski definition) is 7. The molecule has 2 N–H and O–H groups in total. The van der Waals surface area contributed by atoms with Crippen molar-refractivity contribution >= 4 is 28.6 Å². The number of carbonyl (C=O) groups excluding carboxylic acids is 1. The number of aromatic nitrogens is 3. The molecule has 1 aromatic carbocycles. The second-order valence-corrected chi connectivity index (χ2v) is 8.45. The molecule has 9 heteroatoms. The lowest BCUT2D eigenvalue weighted by atomic mass is 10.1. The molecule has 5 rings (SSSR count). The first-order valence-corrected chi connectivity index (χ1v) is 10.6. The van der Waals surface area contributed by atoms with Gasteiger partial charge in [-0.15, -0.1) is 22.7 Å². The van der Waals surface area contributed by atoms with Gasteiger partial charge in [0.25, 0.3) is 5.91 Å². The fourth-order valence-corrected chi connectivity index (χ4v) is 4.79.